The molecule has 18 heavy (non-hydrogen) atoms. The first-order valence-corrected chi connectivity index (χ1v) is 7.04. The van der Waals surface area contributed by atoms with Crippen molar-refractivity contribution in [2.45, 2.75) is 12.7 Å². The Morgan fingerprint density at radius 2 is 2.00 bits per heavy atom. The van der Waals surface area contributed by atoms with Crippen LogP contribution in [-0.4, -0.2) is 9.30 Å². The van der Waals surface area contributed by atoms with E-state index in [9.17, 15) is 0 Å². The number of pyridine rings is 1. The van der Waals surface area contributed by atoms with E-state index in [0.717, 1.165) is 21.5 Å². The molecule has 0 aliphatic carbocycles. The molecule has 0 unspecified atom stereocenters. The van der Waals surface area contributed by atoms with Gasteiger partial charge in [0.25, 0.3) is 0 Å². The zero-order chi connectivity index (χ0) is 12.8. The number of nitrogens with zero attached hydrogens (tertiary/aromatic N) is 1. The van der Waals surface area contributed by atoms with Gasteiger partial charge in [-0.2, -0.15) is 0 Å². The van der Waals surface area contributed by atoms with E-state index in [1.807, 2.05) is 43.5 Å². The van der Waals surface area contributed by atoms with Crippen molar-refractivity contribution < 1.29 is 0 Å². The maximum absolute atomic E-state index is 5.28. The van der Waals surface area contributed by atoms with Gasteiger partial charge in [-0.1, -0.05) is 60.4 Å². The van der Waals surface area contributed by atoms with Crippen molar-refractivity contribution in [1.82, 2.24) is 4.98 Å². The summed E-state index contributed by atoms with van der Waals surface area (Å²) in [7, 11) is 0. The lowest BCUT2D eigenvalue weighted by Gasteiger charge is -2.06. The fourth-order valence-electron chi connectivity index (χ4n) is 1.41. The van der Waals surface area contributed by atoms with Crippen LogP contribution in [0.25, 0.3) is 0 Å². The van der Waals surface area contributed by atoms with Crippen LogP contribution in [-0.2, 0) is 5.75 Å². The van der Waals surface area contributed by atoms with Crippen LogP contribution < -0.4 is 5.32 Å². The van der Waals surface area contributed by atoms with Gasteiger partial charge >= 0.3 is 0 Å². The van der Waals surface area contributed by atoms with E-state index in [2.05, 4.69) is 22.4 Å². The van der Waals surface area contributed by atoms with E-state index in [1.165, 1.54) is 5.56 Å². The molecular formula is C14H14N2S2. The van der Waals surface area contributed by atoms with Crippen LogP contribution in [0.15, 0.2) is 48.7 Å². The third-order valence-corrected chi connectivity index (χ3v) is 3.65. The number of hydrogen-bond acceptors (Lipinski definition) is 3. The Morgan fingerprint density at radius 3 is 2.67 bits per heavy atom. The van der Waals surface area contributed by atoms with Gasteiger partial charge in [-0.3, -0.25) is 0 Å². The van der Waals surface area contributed by atoms with Gasteiger partial charge in [0.15, 0.2) is 0 Å². The summed E-state index contributed by atoms with van der Waals surface area (Å²) in [4.78, 5) is 4.26. The lowest BCUT2D eigenvalue weighted by Crippen LogP contribution is -2.06. The highest BCUT2D eigenvalue weighted by atomic mass is 32.2. The van der Waals surface area contributed by atoms with Crippen LogP contribution in [0, 0.1) is 6.92 Å². The Morgan fingerprint density at radius 1 is 1.22 bits per heavy atom. The third-order valence-electron chi connectivity index (χ3n) is 2.35. The monoisotopic (exact) mass is 274 g/mol. The summed E-state index contributed by atoms with van der Waals surface area (Å²) in [5, 5.41) is 3.12. The first-order valence-electron chi connectivity index (χ1n) is 5.64. The fourth-order valence-corrected chi connectivity index (χ4v) is 2.35. The minimum absolute atomic E-state index is 0.746. The highest BCUT2D eigenvalue weighted by molar-refractivity contribution is 8.22. The molecule has 0 spiro atoms. The summed E-state index contributed by atoms with van der Waals surface area (Å²) in [6, 6.07) is 14.2. The molecule has 1 heterocycles. The van der Waals surface area contributed by atoms with Crippen molar-refractivity contribution >= 4 is 34.1 Å². The predicted octanol–water partition coefficient (Wildman–Crippen LogP) is 4.02. The topological polar surface area (TPSA) is 24.9 Å². The molecule has 2 nitrogen and oxygen atoms in total. The minimum Gasteiger partial charge on any atom is -0.326 e. The normalized spacial score (nSPS) is 10.1. The largest absolute Gasteiger partial charge is 0.326 e. The second kappa shape index (κ2) is 6.52. The van der Waals surface area contributed by atoms with Crippen LogP contribution in [0.5, 0.6) is 0 Å². The van der Waals surface area contributed by atoms with Gasteiger partial charge in [0.2, 0.25) is 0 Å². The Hall–Kier alpha value is -1.39. The minimum atomic E-state index is 0.746. The molecular weight excluding hydrogens is 260 g/mol. The van der Waals surface area contributed by atoms with E-state index < -0.39 is 0 Å². The van der Waals surface area contributed by atoms with Gasteiger partial charge in [-0.15, -0.1) is 0 Å². The van der Waals surface area contributed by atoms with Crippen molar-refractivity contribution in [3.8, 4) is 0 Å². The van der Waals surface area contributed by atoms with E-state index in [-0.39, 0.29) is 0 Å². The number of thiocarbonyl (C=S) groups is 1. The maximum Gasteiger partial charge on any atom is 0.139 e. The average molecular weight is 274 g/mol. The summed E-state index contributed by atoms with van der Waals surface area (Å²) < 4.78 is 0.746. The number of rotatable bonds is 3. The Labute approximate surface area is 117 Å². The SMILES string of the molecule is Cc1ccc(NC(=S)SCc2ccccc2)nc1. The summed E-state index contributed by atoms with van der Waals surface area (Å²) in [6.07, 6.45) is 1.83. The molecule has 92 valence electrons. The molecule has 0 bridgehead atoms. The summed E-state index contributed by atoms with van der Waals surface area (Å²) >= 11 is 6.89. The molecule has 0 radical (unpaired) electrons. The Bertz CT molecular complexity index is 509. The van der Waals surface area contributed by atoms with Gasteiger partial charge in [-0.25, -0.2) is 4.98 Å². The second-order valence-corrected chi connectivity index (χ2v) is 5.56. The lowest BCUT2D eigenvalue weighted by molar-refractivity contribution is 1.27. The molecule has 0 atom stereocenters. The maximum atomic E-state index is 5.28. The van der Waals surface area contributed by atoms with E-state index in [1.54, 1.807) is 11.8 Å². The molecule has 0 aliphatic heterocycles. The number of aromatic nitrogens is 1. The number of aryl methyl sites for hydroxylation is 1. The molecule has 4 heteroatoms. The van der Waals surface area contributed by atoms with Gasteiger partial charge in [0.1, 0.15) is 10.1 Å². The highest BCUT2D eigenvalue weighted by Gasteiger charge is 2.00. The quantitative estimate of drug-likeness (QED) is 0.855. The van der Waals surface area contributed by atoms with E-state index in [4.69, 9.17) is 12.2 Å². The molecule has 0 fully saturated rings. The summed E-state index contributed by atoms with van der Waals surface area (Å²) in [5.74, 6) is 1.67. The van der Waals surface area contributed by atoms with Crippen molar-refractivity contribution in [3.05, 3.63) is 59.8 Å². The predicted molar refractivity (Wildman–Crippen MR) is 82.9 cm³/mol. The second-order valence-electron chi connectivity index (χ2n) is 3.91. The van der Waals surface area contributed by atoms with Crippen molar-refractivity contribution in [3.63, 3.8) is 0 Å². The van der Waals surface area contributed by atoms with Crippen LogP contribution in [0.1, 0.15) is 11.1 Å². The van der Waals surface area contributed by atoms with E-state index in [0.29, 0.717) is 0 Å². The van der Waals surface area contributed by atoms with E-state index >= 15 is 0 Å². The van der Waals surface area contributed by atoms with Gasteiger partial charge in [0.05, 0.1) is 0 Å². The van der Waals surface area contributed by atoms with Crippen molar-refractivity contribution in [2.75, 3.05) is 5.32 Å². The fraction of sp³-hybridized carbons (Fsp3) is 0.143. The molecule has 0 aliphatic rings. The summed E-state index contributed by atoms with van der Waals surface area (Å²) in [6.45, 7) is 2.01. The Kier molecular flexibility index (Phi) is 4.73. The molecule has 2 rings (SSSR count). The number of thioether (sulfide) groups is 1. The smallest absolute Gasteiger partial charge is 0.139 e. The zero-order valence-corrected chi connectivity index (χ0v) is 11.7. The number of benzene rings is 1. The van der Waals surface area contributed by atoms with Gasteiger partial charge in [-0.05, 0) is 24.1 Å². The van der Waals surface area contributed by atoms with Crippen LogP contribution in [0.4, 0.5) is 5.82 Å². The molecule has 1 N–H and O–H groups in total. The first-order chi connectivity index (χ1) is 8.74. The number of nitrogens with one attached hydrogen (secondary N) is 1. The molecule has 2 aromatic rings. The van der Waals surface area contributed by atoms with Crippen molar-refractivity contribution in [2.24, 2.45) is 0 Å². The molecule has 0 amide bonds. The molecule has 0 saturated carbocycles. The summed E-state index contributed by atoms with van der Waals surface area (Å²) in [5.41, 5.74) is 2.41. The lowest BCUT2D eigenvalue weighted by atomic mass is 10.2. The van der Waals surface area contributed by atoms with Gasteiger partial charge < -0.3 is 5.32 Å². The number of hydrogen-bond donors (Lipinski definition) is 1. The zero-order valence-electron chi connectivity index (χ0n) is 10.1. The van der Waals surface area contributed by atoms with Crippen molar-refractivity contribution in [1.29, 1.82) is 0 Å². The van der Waals surface area contributed by atoms with Crippen LogP contribution >= 0.6 is 24.0 Å². The Balaban J connectivity index is 1.84. The molecule has 1 aromatic heterocycles. The number of anilines is 1. The molecule has 1 aromatic carbocycles. The first kappa shape index (κ1) is 13.1. The van der Waals surface area contributed by atoms with Crippen LogP contribution in [0.2, 0.25) is 0 Å². The van der Waals surface area contributed by atoms with Gasteiger partial charge in [0, 0.05) is 11.9 Å². The highest BCUT2D eigenvalue weighted by Crippen LogP contribution is 2.15. The average Bonchev–Trinajstić information content (AvgIpc) is 2.40. The molecule has 0 saturated heterocycles. The van der Waals surface area contributed by atoms with Crippen LogP contribution in [0.3, 0.4) is 0 Å². The standard InChI is InChI=1S/C14H14N2S2/c1-11-7-8-13(15-9-11)16-14(17)18-10-12-5-3-2-4-6-12/h2-9H,10H2,1H3,(H,15,16,17). The third kappa shape index (κ3) is 4.13.